The zero-order valence-electron chi connectivity index (χ0n) is 18.9. The number of carboxylic acid groups (broad SMARTS) is 1. The normalized spacial score (nSPS) is 10.9. The third-order valence-corrected chi connectivity index (χ3v) is 5.05. The average Bonchev–Trinajstić information content (AvgIpc) is 3.24. The van der Waals surface area contributed by atoms with Gasteiger partial charge in [0.05, 0.1) is 13.3 Å². The van der Waals surface area contributed by atoms with Crippen LogP contribution in [-0.2, 0) is 11.2 Å². The van der Waals surface area contributed by atoms with Crippen LogP contribution < -0.4 is 19.6 Å². The van der Waals surface area contributed by atoms with Crippen LogP contribution in [0.15, 0.2) is 72.9 Å². The zero-order valence-corrected chi connectivity index (χ0v) is 18.9. The number of methoxy groups -OCH3 is 1. The number of aromatic nitrogens is 2. The van der Waals surface area contributed by atoms with Gasteiger partial charge < -0.3 is 20.0 Å². The number of carbonyl (C=O) groups is 2. The van der Waals surface area contributed by atoms with Crippen molar-refractivity contribution >= 4 is 17.4 Å². The number of benzene rings is 2. The van der Waals surface area contributed by atoms with Gasteiger partial charge in [-0.3, -0.25) is 4.79 Å². The molecule has 2 heterocycles. The summed E-state index contributed by atoms with van der Waals surface area (Å²) in [4.78, 5) is 24.8. The maximum absolute atomic E-state index is 13.3. The summed E-state index contributed by atoms with van der Waals surface area (Å²) < 4.78 is 52.0. The Morgan fingerprint density at radius 1 is 1.03 bits per heavy atom. The third-order valence-electron chi connectivity index (χ3n) is 5.05. The molecule has 4 aromatic rings. The summed E-state index contributed by atoms with van der Waals surface area (Å²) in [5.74, 6) is -2.30. The smallest absolute Gasteiger partial charge is 0.430 e. The molecule has 0 unspecified atom stereocenters. The second-order valence-corrected chi connectivity index (χ2v) is 7.41. The van der Waals surface area contributed by atoms with Gasteiger partial charge in [-0.2, -0.15) is 17.6 Å². The molecule has 0 saturated heterocycles. The first kappa shape index (κ1) is 26.2. The van der Waals surface area contributed by atoms with Crippen LogP contribution in [0.1, 0.15) is 16.2 Å². The number of hydrogen-bond acceptors (Lipinski definition) is 4. The molecule has 0 aliphatic heterocycles. The molecule has 2 aromatic heterocycles. The number of alkyl halides is 3. The van der Waals surface area contributed by atoms with Gasteiger partial charge in [0.2, 0.25) is 0 Å². The topological polar surface area (TPSA) is 98.3 Å². The largest absolute Gasteiger partial charge is 0.542 e. The van der Waals surface area contributed by atoms with E-state index >= 15 is 0 Å². The van der Waals surface area contributed by atoms with E-state index in [1.54, 1.807) is 23.6 Å². The summed E-state index contributed by atoms with van der Waals surface area (Å²) in [6, 6.07) is 19.6. The summed E-state index contributed by atoms with van der Waals surface area (Å²) in [5.41, 5.74) is 3.45. The number of hydrogen-bond donors (Lipinski definition) is 2. The molecule has 0 bridgehead atoms. The van der Waals surface area contributed by atoms with Crippen molar-refractivity contribution in [2.24, 2.45) is 0 Å². The van der Waals surface area contributed by atoms with E-state index in [0.717, 1.165) is 28.1 Å². The van der Waals surface area contributed by atoms with E-state index < -0.39 is 12.1 Å². The van der Waals surface area contributed by atoms with Crippen molar-refractivity contribution in [3.05, 3.63) is 90.1 Å². The molecular weight excluding hydrogens is 482 g/mol. The fourth-order valence-electron chi connectivity index (χ4n) is 3.39. The van der Waals surface area contributed by atoms with Crippen molar-refractivity contribution in [1.29, 1.82) is 0 Å². The van der Waals surface area contributed by atoms with Crippen molar-refractivity contribution < 1.29 is 41.4 Å². The van der Waals surface area contributed by atoms with Crippen LogP contribution in [-0.4, -0.2) is 36.7 Å². The molecule has 0 aliphatic carbocycles. The first-order valence-electron chi connectivity index (χ1n) is 10.6. The van der Waals surface area contributed by atoms with Gasteiger partial charge in [0.1, 0.15) is 17.5 Å². The molecule has 4 rings (SSSR count). The lowest BCUT2D eigenvalue weighted by Gasteiger charge is -2.08. The molecule has 188 valence electrons. The molecule has 36 heavy (non-hydrogen) atoms. The van der Waals surface area contributed by atoms with Crippen LogP contribution in [0, 0.1) is 5.82 Å². The number of amides is 1. The van der Waals surface area contributed by atoms with Gasteiger partial charge in [-0.05, 0) is 54.4 Å². The van der Waals surface area contributed by atoms with Crippen molar-refractivity contribution in [3.8, 4) is 17.0 Å². The maximum Gasteiger partial charge on any atom is 0.430 e. The van der Waals surface area contributed by atoms with Crippen molar-refractivity contribution in [2.75, 3.05) is 13.7 Å². The highest BCUT2D eigenvalue weighted by Crippen LogP contribution is 2.22. The number of aromatic amines is 1. The van der Waals surface area contributed by atoms with Crippen LogP contribution in [0.25, 0.3) is 16.8 Å². The molecule has 2 N–H and O–H groups in total. The van der Waals surface area contributed by atoms with Crippen LogP contribution in [0.5, 0.6) is 5.75 Å². The SMILES string of the molecule is COc1ccccc1CCNC(=O)c1[nH]c(-c2ccc(F)cc2)c2cccc[n+]12.O=C([O-])C(F)(F)F. The molecule has 2 aromatic carbocycles. The van der Waals surface area contributed by atoms with Crippen LogP contribution in [0.4, 0.5) is 17.6 Å². The minimum absolute atomic E-state index is 0.213. The van der Waals surface area contributed by atoms with Crippen molar-refractivity contribution in [1.82, 2.24) is 10.3 Å². The highest BCUT2D eigenvalue weighted by Gasteiger charge is 2.29. The van der Waals surface area contributed by atoms with Gasteiger partial charge >= 0.3 is 17.9 Å². The number of ether oxygens (including phenoxy) is 1. The summed E-state index contributed by atoms with van der Waals surface area (Å²) in [5, 5.41) is 11.7. The Balaban J connectivity index is 0.000000454. The Hall–Kier alpha value is -4.41. The standard InChI is InChI=1S/C23H20FN3O2.C2HF3O2/c1-29-20-8-3-2-6-16(20)13-14-25-23(28)22-26-21(17-9-11-18(24)12-10-17)19-7-4-5-15-27(19)22;3-2(4,5)1(6)7/h2-12,15H,13-14H2,1H3,(H,25,28);(H,6,7). The summed E-state index contributed by atoms with van der Waals surface area (Å²) in [6.07, 6.45) is -2.71. The highest BCUT2D eigenvalue weighted by atomic mass is 19.4. The van der Waals surface area contributed by atoms with Gasteiger partial charge in [-0.25, -0.2) is 9.37 Å². The van der Waals surface area contributed by atoms with Gasteiger partial charge in [-0.15, -0.1) is 0 Å². The van der Waals surface area contributed by atoms with E-state index in [-0.39, 0.29) is 11.7 Å². The van der Waals surface area contributed by atoms with E-state index in [2.05, 4.69) is 10.3 Å². The average molecular weight is 503 g/mol. The zero-order chi connectivity index (χ0) is 26.3. The molecule has 0 spiro atoms. The van der Waals surface area contributed by atoms with E-state index in [9.17, 15) is 22.4 Å². The number of rotatable bonds is 6. The fourth-order valence-corrected chi connectivity index (χ4v) is 3.39. The lowest BCUT2D eigenvalue weighted by molar-refractivity contribution is -0.513. The molecule has 11 heteroatoms. The minimum Gasteiger partial charge on any atom is -0.542 e. The molecular formula is C25H21F4N3O4. The quantitative estimate of drug-likeness (QED) is 0.312. The Kier molecular flexibility index (Phi) is 8.26. The number of pyridine rings is 1. The Labute approximate surface area is 203 Å². The number of fused-ring (bicyclic) bond motifs is 1. The molecule has 0 aliphatic rings. The lowest BCUT2D eigenvalue weighted by Crippen LogP contribution is -2.37. The molecule has 7 nitrogen and oxygen atoms in total. The number of halogens is 4. The van der Waals surface area contributed by atoms with E-state index in [1.165, 1.54) is 12.1 Å². The molecule has 0 atom stereocenters. The van der Waals surface area contributed by atoms with E-state index in [4.69, 9.17) is 14.6 Å². The number of carboxylic acids is 1. The number of para-hydroxylation sites is 1. The Morgan fingerprint density at radius 3 is 2.31 bits per heavy atom. The van der Waals surface area contributed by atoms with E-state index in [0.29, 0.717) is 18.8 Å². The monoisotopic (exact) mass is 503 g/mol. The van der Waals surface area contributed by atoms with Gasteiger partial charge in [0.25, 0.3) is 0 Å². The number of aliphatic carboxylic acids is 1. The molecule has 0 fully saturated rings. The first-order chi connectivity index (χ1) is 17.1. The number of H-pyrrole nitrogens is 1. The Bertz CT molecular complexity index is 1350. The number of imidazole rings is 1. The lowest BCUT2D eigenvalue weighted by atomic mass is 10.1. The van der Waals surface area contributed by atoms with Gasteiger partial charge in [-0.1, -0.05) is 24.3 Å². The number of carbonyl (C=O) groups excluding carboxylic acids is 2. The Morgan fingerprint density at radius 2 is 1.67 bits per heavy atom. The van der Waals surface area contributed by atoms with Gasteiger partial charge in [0, 0.05) is 12.1 Å². The third kappa shape index (κ3) is 6.38. The molecule has 0 radical (unpaired) electrons. The highest BCUT2D eigenvalue weighted by molar-refractivity contribution is 5.91. The minimum atomic E-state index is -5.19. The second-order valence-electron chi connectivity index (χ2n) is 7.41. The first-order valence-corrected chi connectivity index (χ1v) is 10.6. The van der Waals surface area contributed by atoms with E-state index in [1.807, 2.05) is 48.7 Å². The van der Waals surface area contributed by atoms with Crippen LogP contribution in [0.3, 0.4) is 0 Å². The summed E-state index contributed by atoms with van der Waals surface area (Å²) in [6.45, 7) is 0.471. The van der Waals surface area contributed by atoms with Crippen molar-refractivity contribution in [2.45, 2.75) is 12.6 Å². The predicted octanol–water partition coefficient (Wildman–Crippen LogP) is 2.84. The van der Waals surface area contributed by atoms with Crippen molar-refractivity contribution in [3.63, 3.8) is 0 Å². The number of nitrogens with one attached hydrogen (secondary N) is 2. The van der Waals surface area contributed by atoms with Crippen LogP contribution in [0.2, 0.25) is 0 Å². The maximum atomic E-state index is 13.3. The van der Waals surface area contributed by atoms with Crippen LogP contribution >= 0.6 is 0 Å². The fraction of sp³-hybridized carbons (Fsp3) is 0.160. The summed E-state index contributed by atoms with van der Waals surface area (Å²) >= 11 is 0. The number of nitrogens with zero attached hydrogens (tertiary/aromatic N) is 1. The predicted molar refractivity (Wildman–Crippen MR) is 119 cm³/mol. The van der Waals surface area contributed by atoms with Gasteiger partial charge in [0.15, 0.2) is 11.2 Å². The summed E-state index contributed by atoms with van der Waals surface area (Å²) in [7, 11) is 1.64. The molecule has 0 saturated carbocycles. The molecule has 1 amide bonds. The second kappa shape index (κ2) is 11.3.